The quantitative estimate of drug-likeness (QED) is 0.652. The molecule has 2 aromatic carbocycles. The van der Waals surface area contributed by atoms with Gasteiger partial charge in [-0.25, -0.2) is 0 Å². The van der Waals surface area contributed by atoms with Gasteiger partial charge in [-0.1, -0.05) is 17.7 Å². The summed E-state index contributed by atoms with van der Waals surface area (Å²) in [6, 6.07) is 11.5. The molecule has 0 aliphatic heterocycles. The Kier molecular flexibility index (Phi) is 5.46. The third-order valence-corrected chi connectivity index (χ3v) is 3.59. The second-order valence-corrected chi connectivity index (χ2v) is 5.44. The van der Waals surface area contributed by atoms with E-state index in [0.29, 0.717) is 22.0 Å². The van der Waals surface area contributed by atoms with E-state index >= 15 is 0 Å². The summed E-state index contributed by atoms with van der Waals surface area (Å²) in [5, 5.41) is 22.3. The largest absolute Gasteiger partial charge is 0.507 e. The molecule has 2 aromatic rings. The van der Waals surface area contributed by atoms with Gasteiger partial charge in [0.25, 0.3) is 5.91 Å². The summed E-state index contributed by atoms with van der Waals surface area (Å²) in [4.78, 5) is 12.3. The smallest absolute Gasteiger partial charge is 0.266 e. The highest BCUT2D eigenvalue weighted by molar-refractivity contribution is 6.31. The van der Waals surface area contributed by atoms with Crippen LogP contribution in [-0.4, -0.2) is 18.1 Å². The van der Waals surface area contributed by atoms with Crippen molar-refractivity contribution in [1.29, 1.82) is 5.26 Å². The second-order valence-electron chi connectivity index (χ2n) is 5.01. The fourth-order valence-corrected chi connectivity index (χ4v) is 2.17. The van der Waals surface area contributed by atoms with E-state index in [4.69, 9.17) is 16.3 Å². The van der Waals surface area contributed by atoms with Crippen molar-refractivity contribution < 1.29 is 14.6 Å². The highest BCUT2D eigenvalue weighted by atomic mass is 35.5. The Labute approximate surface area is 144 Å². The van der Waals surface area contributed by atoms with Crippen molar-refractivity contribution in [3.63, 3.8) is 0 Å². The molecule has 122 valence electrons. The van der Waals surface area contributed by atoms with Crippen LogP contribution in [-0.2, 0) is 4.79 Å². The van der Waals surface area contributed by atoms with Gasteiger partial charge in [-0.05, 0) is 42.8 Å². The molecule has 2 rings (SSSR count). The number of aryl methyl sites for hydroxylation is 1. The number of methoxy groups -OCH3 is 1. The third kappa shape index (κ3) is 4.06. The Bertz CT molecular complexity index is 854. The number of nitrogens with zero attached hydrogens (tertiary/aromatic N) is 1. The molecule has 0 bridgehead atoms. The van der Waals surface area contributed by atoms with Crippen LogP contribution in [0.3, 0.4) is 0 Å². The van der Waals surface area contributed by atoms with Crippen molar-refractivity contribution in [2.75, 3.05) is 12.4 Å². The van der Waals surface area contributed by atoms with Crippen LogP contribution in [0.25, 0.3) is 6.08 Å². The van der Waals surface area contributed by atoms with Crippen LogP contribution in [0, 0.1) is 18.3 Å². The SMILES string of the molecule is COc1ccc(/C=C(\C#N)C(=O)Nc2cc(Cl)ccc2C)c(O)c1. The summed E-state index contributed by atoms with van der Waals surface area (Å²) in [6.07, 6.45) is 1.31. The molecule has 24 heavy (non-hydrogen) atoms. The maximum Gasteiger partial charge on any atom is 0.266 e. The molecule has 0 atom stereocenters. The maximum absolute atomic E-state index is 12.3. The van der Waals surface area contributed by atoms with E-state index < -0.39 is 5.91 Å². The molecule has 0 saturated heterocycles. The molecule has 0 heterocycles. The molecule has 6 heteroatoms. The molecule has 1 amide bonds. The van der Waals surface area contributed by atoms with Gasteiger partial charge >= 0.3 is 0 Å². The standard InChI is InChI=1S/C18H15ClN2O3/c1-11-3-5-14(19)8-16(11)21-18(23)13(10-20)7-12-4-6-15(24-2)9-17(12)22/h3-9,22H,1-2H3,(H,21,23)/b13-7+. The van der Waals surface area contributed by atoms with Crippen LogP contribution in [0.4, 0.5) is 5.69 Å². The molecule has 2 N–H and O–H groups in total. The number of phenolic OH excluding ortho intramolecular Hbond substituents is 1. The van der Waals surface area contributed by atoms with Gasteiger partial charge in [-0.2, -0.15) is 5.26 Å². The lowest BCUT2D eigenvalue weighted by molar-refractivity contribution is -0.112. The summed E-state index contributed by atoms with van der Waals surface area (Å²) in [5.41, 5.74) is 1.53. The average Bonchev–Trinajstić information content (AvgIpc) is 2.56. The number of carbonyl (C=O) groups is 1. The number of nitriles is 1. The Hall–Kier alpha value is -2.97. The summed E-state index contributed by atoms with van der Waals surface area (Å²) in [6.45, 7) is 1.82. The Morgan fingerprint density at radius 2 is 2.08 bits per heavy atom. The summed E-state index contributed by atoms with van der Waals surface area (Å²) < 4.78 is 4.99. The zero-order chi connectivity index (χ0) is 17.7. The fraction of sp³-hybridized carbons (Fsp3) is 0.111. The number of nitrogens with one attached hydrogen (secondary N) is 1. The van der Waals surface area contributed by atoms with Gasteiger partial charge in [0, 0.05) is 22.3 Å². The van der Waals surface area contributed by atoms with E-state index in [1.54, 1.807) is 30.3 Å². The van der Waals surface area contributed by atoms with Crippen molar-refractivity contribution in [3.05, 3.63) is 58.1 Å². The van der Waals surface area contributed by atoms with E-state index in [1.165, 1.54) is 19.3 Å². The minimum absolute atomic E-state index is 0.0890. The van der Waals surface area contributed by atoms with Gasteiger partial charge in [0.1, 0.15) is 23.1 Å². The van der Waals surface area contributed by atoms with Gasteiger partial charge in [-0.3, -0.25) is 4.79 Å². The van der Waals surface area contributed by atoms with E-state index in [-0.39, 0.29) is 11.3 Å². The molecular formula is C18H15ClN2O3. The first-order valence-electron chi connectivity index (χ1n) is 7.01. The number of carbonyl (C=O) groups excluding carboxylic acids is 1. The minimum Gasteiger partial charge on any atom is -0.507 e. The molecule has 0 fully saturated rings. The number of rotatable bonds is 4. The lowest BCUT2D eigenvalue weighted by Crippen LogP contribution is -2.14. The van der Waals surface area contributed by atoms with Crippen molar-refractivity contribution in [2.24, 2.45) is 0 Å². The van der Waals surface area contributed by atoms with Crippen LogP contribution < -0.4 is 10.1 Å². The van der Waals surface area contributed by atoms with E-state index in [2.05, 4.69) is 5.32 Å². The van der Waals surface area contributed by atoms with Crippen LogP contribution in [0.2, 0.25) is 5.02 Å². The Morgan fingerprint density at radius 3 is 2.71 bits per heavy atom. The molecule has 5 nitrogen and oxygen atoms in total. The predicted molar refractivity (Wildman–Crippen MR) is 93.1 cm³/mol. The van der Waals surface area contributed by atoms with E-state index in [1.807, 2.05) is 13.0 Å². The fourth-order valence-electron chi connectivity index (χ4n) is 2.00. The summed E-state index contributed by atoms with van der Waals surface area (Å²) >= 11 is 5.92. The van der Waals surface area contributed by atoms with Crippen molar-refractivity contribution in [1.82, 2.24) is 0 Å². The number of phenols is 1. The first-order valence-corrected chi connectivity index (χ1v) is 7.38. The molecule has 0 aliphatic carbocycles. The van der Waals surface area contributed by atoms with Crippen molar-refractivity contribution >= 4 is 29.3 Å². The minimum atomic E-state index is -0.585. The van der Waals surface area contributed by atoms with Gasteiger partial charge in [0.2, 0.25) is 0 Å². The second kappa shape index (κ2) is 7.53. The molecule has 0 spiro atoms. The van der Waals surface area contributed by atoms with Crippen LogP contribution >= 0.6 is 11.6 Å². The lowest BCUT2D eigenvalue weighted by atomic mass is 10.1. The molecule has 0 radical (unpaired) electrons. The number of hydrogen-bond donors (Lipinski definition) is 2. The van der Waals surface area contributed by atoms with Crippen molar-refractivity contribution in [2.45, 2.75) is 6.92 Å². The van der Waals surface area contributed by atoms with Gasteiger partial charge < -0.3 is 15.2 Å². The van der Waals surface area contributed by atoms with Gasteiger partial charge in [0.15, 0.2) is 0 Å². The number of anilines is 1. The van der Waals surface area contributed by atoms with Crippen LogP contribution in [0.5, 0.6) is 11.5 Å². The molecule has 0 aromatic heterocycles. The first kappa shape index (κ1) is 17.4. The average molecular weight is 343 g/mol. The number of benzene rings is 2. The summed E-state index contributed by atoms with van der Waals surface area (Å²) in [5.74, 6) is -0.200. The maximum atomic E-state index is 12.3. The molecule has 0 unspecified atom stereocenters. The predicted octanol–water partition coefficient (Wildman–Crippen LogP) is 3.91. The molecular weight excluding hydrogens is 328 g/mol. The zero-order valence-electron chi connectivity index (χ0n) is 13.1. The Balaban J connectivity index is 2.29. The number of halogens is 1. The van der Waals surface area contributed by atoms with E-state index in [0.717, 1.165) is 5.56 Å². The number of ether oxygens (including phenoxy) is 1. The van der Waals surface area contributed by atoms with Gasteiger partial charge in [0.05, 0.1) is 7.11 Å². The van der Waals surface area contributed by atoms with Gasteiger partial charge in [-0.15, -0.1) is 0 Å². The summed E-state index contributed by atoms with van der Waals surface area (Å²) in [7, 11) is 1.48. The zero-order valence-corrected chi connectivity index (χ0v) is 13.9. The highest BCUT2D eigenvalue weighted by Gasteiger charge is 2.12. The van der Waals surface area contributed by atoms with Crippen molar-refractivity contribution in [3.8, 4) is 17.6 Å². The first-order chi connectivity index (χ1) is 11.4. The number of aromatic hydroxyl groups is 1. The van der Waals surface area contributed by atoms with E-state index in [9.17, 15) is 15.2 Å². The lowest BCUT2D eigenvalue weighted by Gasteiger charge is -2.08. The topological polar surface area (TPSA) is 82.3 Å². The molecule has 0 saturated carbocycles. The number of amides is 1. The Morgan fingerprint density at radius 1 is 1.33 bits per heavy atom. The molecule has 0 aliphatic rings. The van der Waals surface area contributed by atoms with Crippen LogP contribution in [0.1, 0.15) is 11.1 Å². The normalized spacial score (nSPS) is 10.8. The third-order valence-electron chi connectivity index (χ3n) is 3.35. The number of hydrogen-bond acceptors (Lipinski definition) is 4. The van der Waals surface area contributed by atoms with Crippen LogP contribution in [0.15, 0.2) is 42.0 Å². The monoisotopic (exact) mass is 342 g/mol. The highest BCUT2D eigenvalue weighted by Crippen LogP contribution is 2.26.